The van der Waals surface area contributed by atoms with E-state index in [1.165, 1.54) is 0 Å². The fraction of sp³-hybridized carbons (Fsp3) is 0.385. The van der Waals surface area contributed by atoms with Crippen LogP contribution in [0.2, 0.25) is 0 Å². The van der Waals surface area contributed by atoms with Crippen molar-refractivity contribution in [2.45, 2.75) is 43.9 Å². The predicted molar refractivity (Wildman–Crippen MR) is 131 cm³/mol. The zero-order chi connectivity index (χ0) is 23.7. The second kappa shape index (κ2) is 9.35. The summed E-state index contributed by atoms with van der Waals surface area (Å²) < 4.78 is 29.2. The number of aromatic nitrogens is 2. The van der Waals surface area contributed by atoms with Crippen molar-refractivity contribution < 1.29 is 13.2 Å². The minimum atomic E-state index is -3.46. The molecule has 178 valence electrons. The first-order chi connectivity index (χ1) is 16.4. The number of hydrogen-bond donors (Lipinski definition) is 1. The molecule has 7 nitrogen and oxygen atoms in total. The highest BCUT2D eigenvalue weighted by Gasteiger charge is 2.31. The molecule has 34 heavy (non-hydrogen) atoms. The van der Waals surface area contributed by atoms with Gasteiger partial charge < -0.3 is 5.32 Å². The van der Waals surface area contributed by atoms with Crippen LogP contribution in [0.4, 0.5) is 0 Å². The molecule has 8 heteroatoms. The van der Waals surface area contributed by atoms with Crippen molar-refractivity contribution in [1.82, 2.24) is 19.4 Å². The number of para-hydroxylation sites is 1. The van der Waals surface area contributed by atoms with Gasteiger partial charge in [0, 0.05) is 30.9 Å². The Balaban J connectivity index is 1.23. The SMILES string of the molecule is Cc1ccccc1-n1nc(C(=O)NCC2CCN(S(=O)(=O)c3ccccc3)CC2)c2c1CCC2. The van der Waals surface area contributed by atoms with Crippen LogP contribution in [0.3, 0.4) is 0 Å². The summed E-state index contributed by atoms with van der Waals surface area (Å²) in [6.45, 7) is 3.52. The first kappa shape index (κ1) is 22.8. The van der Waals surface area contributed by atoms with E-state index in [1.807, 2.05) is 28.9 Å². The van der Waals surface area contributed by atoms with Crippen molar-refractivity contribution in [2.24, 2.45) is 5.92 Å². The fourth-order valence-electron chi connectivity index (χ4n) is 5.04. The highest BCUT2D eigenvalue weighted by molar-refractivity contribution is 7.89. The molecule has 1 N–H and O–H groups in total. The molecule has 3 aromatic rings. The van der Waals surface area contributed by atoms with Gasteiger partial charge in [-0.15, -0.1) is 0 Å². The van der Waals surface area contributed by atoms with Crippen molar-refractivity contribution in [1.29, 1.82) is 0 Å². The molecule has 0 unspecified atom stereocenters. The lowest BCUT2D eigenvalue weighted by Crippen LogP contribution is -2.41. The number of carbonyl (C=O) groups excluding carboxylic acids is 1. The molecule has 1 aliphatic heterocycles. The van der Waals surface area contributed by atoms with E-state index in [2.05, 4.69) is 18.3 Å². The third-order valence-corrected chi connectivity index (χ3v) is 8.91. The van der Waals surface area contributed by atoms with Crippen LogP contribution in [0.5, 0.6) is 0 Å². The minimum Gasteiger partial charge on any atom is -0.350 e. The van der Waals surface area contributed by atoms with Crippen LogP contribution in [0.1, 0.15) is 46.6 Å². The summed E-state index contributed by atoms with van der Waals surface area (Å²) in [6.07, 6.45) is 4.29. The number of amides is 1. The maximum absolute atomic E-state index is 13.1. The third-order valence-electron chi connectivity index (χ3n) is 6.99. The highest BCUT2D eigenvalue weighted by atomic mass is 32.2. The zero-order valence-corrected chi connectivity index (χ0v) is 20.2. The Morgan fingerprint density at radius 2 is 1.74 bits per heavy atom. The van der Waals surface area contributed by atoms with E-state index in [9.17, 15) is 13.2 Å². The predicted octanol–water partition coefficient (Wildman–Crippen LogP) is 3.50. The van der Waals surface area contributed by atoms with Crippen LogP contribution in [-0.2, 0) is 22.9 Å². The van der Waals surface area contributed by atoms with E-state index in [-0.39, 0.29) is 11.8 Å². The van der Waals surface area contributed by atoms with Crippen LogP contribution < -0.4 is 5.32 Å². The second-order valence-corrected chi connectivity index (χ2v) is 11.1. The average Bonchev–Trinajstić information content (AvgIpc) is 3.47. The summed E-state index contributed by atoms with van der Waals surface area (Å²) in [5.74, 6) is 0.113. The molecular formula is C26H30N4O3S. The highest BCUT2D eigenvalue weighted by Crippen LogP contribution is 2.29. The maximum Gasteiger partial charge on any atom is 0.272 e. The number of fused-ring (bicyclic) bond motifs is 1. The lowest BCUT2D eigenvalue weighted by atomic mass is 9.98. The summed E-state index contributed by atoms with van der Waals surface area (Å²) in [5.41, 5.74) is 4.87. The van der Waals surface area contributed by atoms with E-state index < -0.39 is 10.0 Å². The Bertz CT molecular complexity index is 1290. The van der Waals surface area contributed by atoms with Crippen molar-refractivity contribution in [3.05, 3.63) is 77.1 Å². The quantitative estimate of drug-likeness (QED) is 0.588. The molecule has 1 fully saturated rings. The first-order valence-corrected chi connectivity index (χ1v) is 13.4. The topological polar surface area (TPSA) is 84.3 Å². The largest absolute Gasteiger partial charge is 0.350 e. The fourth-order valence-corrected chi connectivity index (χ4v) is 6.53. The molecule has 1 aliphatic carbocycles. The van der Waals surface area contributed by atoms with Crippen LogP contribution in [0.15, 0.2) is 59.5 Å². The Labute approximate surface area is 200 Å². The van der Waals surface area contributed by atoms with E-state index in [0.29, 0.717) is 30.2 Å². The normalized spacial score (nSPS) is 17.0. The van der Waals surface area contributed by atoms with Gasteiger partial charge >= 0.3 is 0 Å². The molecule has 0 spiro atoms. The van der Waals surface area contributed by atoms with Gasteiger partial charge in [0.2, 0.25) is 10.0 Å². The van der Waals surface area contributed by atoms with E-state index in [4.69, 9.17) is 5.10 Å². The summed E-state index contributed by atoms with van der Waals surface area (Å²) in [6, 6.07) is 16.7. The van der Waals surface area contributed by atoms with E-state index >= 15 is 0 Å². The van der Waals surface area contributed by atoms with E-state index in [0.717, 1.165) is 54.6 Å². The number of sulfonamides is 1. The first-order valence-electron chi connectivity index (χ1n) is 12.0. The van der Waals surface area contributed by atoms with Crippen molar-refractivity contribution in [2.75, 3.05) is 19.6 Å². The average molecular weight is 479 g/mol. The van der Waals surface area contributed by atoms with Gasteiger partial charge in [-0.2, -0.15) is 9.40 Å². The Hall–Kier alpha value is -2.97. The van der Waals surface area contributed by atoms with Crippen LogP contribution in [-0.4, -0.2) is 48.0 Å². The Kier molecular flexibility index (Phi) is 6.27. The minimum absolute atomic E-state index is 0.134. The molecule has 0 atom stereocenters. The van der Waals surface area contributed by atoms with Crippen molar-refractivity contribution in [3.63, 3.8) is 0 Å². The molecule has 1 saturated heterocycles. The summed E-state index contributed by atoms with van der Waals surface area (Å²) in [4.78, 5) is 13.4. The van der Waals surface area contributed by atoms with E-state index in [1.54, 1.807) is 28.6 Å². The number of carbonyl (C=O) groups is 1. The molecule has 0 radical (unpaired) electrons. The zero-order valence-electron chi connectivity index (χ0n) is 19.4. The lowest BCUT2D eigenvalue weighted by molar-refractivity contribution is 0.0935. The number of hydrogen-bond acceptors (Lipinski definition) is 4. The van der Waals surface area contributed by atoms with Gasteiger partial charge in [0.15, 0.2) is 5.69 Å². The Morgan fingerprint density at radius 1 is 1.03 bits per heavy atom. The number of benzene rings is 2. The lowest BCUT2D eigenvalue weighted by Gasteiger charge is -2.31. The summed E-state index contributed by atoms with van der Waals surface area (Å²) in [7, 11) is -3.46. The van der Waals surface area contributed by atoms with Crippen LogP contribution >= 0.6 is 0 Å². The standard InChI is InChI=1S/C26H30N4O3S/c1-19-8-5-6-12-23(19)30-24-13-7-11-22(24)25(28-30)26(31)27-18-20-14-16-29(17-15-20)34(32,33)21-9-3-2-4-10-21/h2-6,8-10,12,20H,7,11,13-18H2,1H3,(H,27,31). The molecular weight excluding hydrogens is 448 g/mol. The number of nitrogens with zero attached hydrogens (tertiary/aromatic N) is 3. The maximum atomic E-state index is 13.1. The molecule has 2 heterocycles. The summed E-state index contributed by atoms with van der Waals surface area (Å²) in [5, 5.41) is 7.80. The van der Waals surface area contributed by atoms with Crippen LogP contribution in [0, 0.1) is 12.8 Å². The van der Waals surface area contributed by atoms with Gasteiger partial charge in [0.1, 0.15) is 0 Å². The third kappa shape index (κ3) is 4.28. The van der Waals surface area contributed by atoms with Gasteiger partial charge in [-0.25, -0.2) is 13.1 Å². The molecule has 1 amide bonds. The van der Waals surface area contributed by atoms with Gasteiger partial charge in [-0.1, -0.05) is 36.4 Å². The number of nitrogens with one attached hydrogen (secondary N) is 1. The molecule has 0 bridgehead atoms. The number of piperidine rings is 1. The Morgan fingerprint density at radius 3 is 2.47 bits per heavy atom. The monoisotopic (exact) mass is 478 g/mol. The van der Waals surface area contributed by atoms with Gasteiger partial charge in [0.25, 0.3) is 5.91 Å². The molecule has 0 saturated carbocycles. The molecule has 1 aromatic heterocycles. The molecule has 2 aromatic carbocycles. The molecule has 5 rings (SSSR count). The van der Waals surface area contributed by atoms with Gasteiger partial charge in [-0.05, 0) is 68.7 Å². The number of aryl methyl sites for hydroxylation is 1. The summed E-state index contributed by atoms with van der Waals surface area (Å²) >= 11 is 0. The van der Waals surface area contributed by atoms with Gasteiger partial charge in [-0.3, -0.25) is 4.79 Å². The van der Waals surface area contributed by atoms with Crippen molar-refractivity contribution in [3.8, 4) is 5.69 Å². The van der Waals surface area contributed by atoms with Gasteiger partial charge in [0.05, 0.1) is 10.6 Å². The smallest absolute Gasteiger partial charge is 0.272 e. The second-order valence-electron chi connectivity index (χ2n) is 9.20. The van der Waals surface area contributed by atoms with Crippen LogP contribution in [0.25, 0.3) is 5.69 Å². The molecule has 2 aliphatic rings. The van der Waals surface area contributed by atoms with Crippen molar-refractivity contribution >= 4 is 15.9 Å². The number of rotatable bonds is 6.